The molecule has 0 N–H and O–H groups in total. The second kappa shape index (κ2) is 3.69. The topological polar surface area (TPSA) is 56.3 Å². The van der Waals surface area contributed by atoms with E-state index >= 15 is 0 Å². The Balaban J connectivity index is 3.30. The summed E-state index contributed by atoms with van der Waals surface area (Å²) < 4.78 is 26.3. The van der Waals surface area contributed by atoms with Crippen LogP contribution in [0.5, 0.6) is 5.88 Å². The first-order valence-corrected chi connectivity index (χ1v) is 5.79. The Hall–Kier alpha value is -0.520. The van der Waals surface area contributed by atoms with Gasteiger partial charge >= 0.3 is 0 Å². The lowest BCUT2D eigenvalue weighted by atomic mass is 10.5. The average molecular weight is 242 g/mol. The monoisotopic (exact) mass is 241 g/mol. The molecule has 0 atom stereocenters. The maximum atomic E-state index is 10.8. The number of pyridine rings is 1. The molecule has 0 saturated heterocycles. The van der Waals surface area contributed by atoms with Gasteiger partial charge in [0, 0.05) is 10.7 Å². The first-order valence-electron chi connectivity index (χ1n) is 3.10. The van der Waals surface area contributed by atoms with Crippen LogP contribution in [0.3, 0.4) is 0 Å². The Morgan fingerprint density at radius 2 is 2.08 bits per heavy atom. The van der Waals surface area contributed by atoms with Crippen molar-refractivity contribution >= 4 is 31.3 Å². The number of ether oxygens (including phenoxy) is 1. The molecule has 0 radical (unpaired) electrons. The van der Waals surface area contributed by atoms with E-state index in [4.69, 9.17) is 27.0 Å². The van der Waals surface area contributed by atoms with Gasteiger partial charge in [-0.3, -0.25) is 0 Å². The minimum absolute atomic E-state index is 0.0309. The zero-order chi connectivity index (χ0) is 10.1. The van der Waals surface area contributed by atoms with Crippen LogP contribution in [0.2, 0.25) is 5.02 Å². The van der Waals surface area contributed by atoms with Gasteiger partial charge in [0.1, 0.15) is 5.02 Å². The van der Waals surface area contributed by atoms with Gasteiger partial charge in [-0.2, -0.15) is 4.98 Å². The minimum Gasteiger partial charge on any atom is -0.480 e. The average Bonchev–Trinajstić information content (AvgIpc) is 2.03. The van der Waals surface area contributed by atoms with Gasteiger partial charge in [-0.25, -0.2) is 8.42 Å². The highest BCUT2D eigenvalue weighted by Gasteiger charge is 2.14. The van der Waals surface area contributed by atoms with Crippen molar-refractivity contribution in [3.05, 3.63) is 17.2 Å². The van der Waals surface area contributed by atoms with E-state index in [2.05, 4.69) is 4.98 Å². The van der Waals surface area contributed by atoms with E-state index in [0.717, 1.165) is 0 Å². The molecule has 0 aliphatic heterocycles. The van der Waals surface area contributed by atoms with Crippen LogP contribution >= 0.6 is 22.3 Å². The lowest BCUT2D eigenvalue weighted by Gasteiger charge is -2.02. The van der Waals surface area contributed by atoms with Crippen molar-refractivity contribution in [2.24, 2.45) is 0 Å². The van der Waals surface area contributed by atoms with Gasteiger partial charge < -0.3 is 4.74 Å². The summed E-state index contributed by atoms with van der Waals surface area (Å²) in [7, 11) is 2.55. The molecule has 4 nitrogen and oxygen atoms in total. The fourth-order valence-corrected chi connectivity index (χ4v) is 1.55. The summed E-state index contributed by atoms with van der Waals surface area (Å²) in [4.78, 5) is 3.59. The predicted octanol–water partition coefficient (Wildman–Crippen LogP) is 1.67. The number of hydrogen-bond donors (Lipinski definition) is 0. The van der Waals surface area contributed by atoms with Gasteiger partial charge in [0.15, 0.2) is 5.03 Å². The number of halogens is 2. The third-order valence-corrected chi connectivity index (χ3v) is 2.72. The summed E-state index contributed by atoms with van der Waals surface area (Å²) in [6.45, 7) is 0. The highest BCUT2D eigenvalue weighted by atomic mass is 35.7. The summed E-state index contributed by atoms with van der Waals surface area (Å²) in [5, 5.41) is -0.0537. The molecular formula is C6H5Cl2NO3S. The number of methoxy groups -OCH3 is 1. The quantitative estimate of drug-likeness (QED) is 0.740. The van der Waals surface area contributed by atoms with Gasteiger partial charge in [0.25, 0.3) is 9.05 Å². The van der Waals surface area contributed by atoms with Gasteiger partial charge in [0.05, 0.1) is 7.11 Å². The summed E-state index contributed by atoms with van der Waals surface area (Å²) in [5.74, 6) is 0.0309. The van der Waals surface area contributed by atoms with E-state index in [9.17, 15) is 8.42 Å². The Labute approximate surface area is 84.9 Å². The second-order valence-corrected chi connectivity index (χ2v) is 5.00. The molecule has 0 unspecified atom stereocenters. The smallest absolute Gasteiger partial charge is 0.278 e. The molecule has 1 aromatic heterocycles. The van der Waals surface area contributed by atoms with Crippen LogP contribution in [-0.4, -0.2) is 20.5 Å². The molecule has 72 valence electrons. The number of aromatic nitrogens is 1. The van der Waals surface area contributed by atoms with Crippen LogP contribution in [-0.2, 0) is 9.05 Å². The van der Waals surface area contributed by atoms with E-state index in [1.165, 1.54) is 19.2 Å². The van der Waals surface area contributed by atoms with Crippen molar-refractivity contribution in [1.29, 1.82) is 0 Å². The fraction of sp³-hybridized carbons (Fsp3) is 0.167. The van der Waals surface area contributed by atoms with E-state index in [-0.39, 0.29) is 15.9 Å². The Kier molecular flexibility index (Phi) is 3.00. The van der Waals surface area contributed by atoms with Crippen LogP contribution in [0.4, 0.5) is 0 Å². The zero-order valence-electron chi connectivity index (χ0n) is 6.49. The molecule has 0 fully saturated rings. The van der Waals surface area contributed by atoms with Gasteiger partial charge in [-0.1, -0.05) is 11.6 Å². The molecule has 0 aliphatic rings. The van der Waals surface area contributed by atoms with Gasteiger partial charge in [-0.15, -0.1) is 0 Å². The third kappa shape index (κ3) is 2.46. The van der Waals surface area contributed by atoms with Crippen LogP contribution in [0, 0.1) is 0 Å². The third-order valence-electron chi connectivity index (χ3n) is 1.23. The summed E-state index contributed by atoms with van der Waals surface area (Å²) in [6, 6.07) is 2.55. The number of hydrogen-bond acceptors (Lipinski definition) is 4. The highest BCUT2D eigenvalue weighted by Crippen LogP contribution is 2.24. The van der Waals surface area contributed by atoms with Crippen molar-refractivity contribution in [1.82, 2.24) is 4.98 Å². The molecule has 0 saturated carbocycles. The highest BCUT2D eigenvalue weighted by molar-refractivity contribution is 8.13. The molecule has 0 spiro atoms. The van der Waals surface area contributed by atoms with E-state index < -0.39 is 9.05 Å². The largest absolute Gasteiger partial charge is 0.480 e. The van der Waals surface area contributed by atoms with Crippen molar-refractivity contribution < 1.29 is 13.2 Å². The Bertz CT molecular complexity index is 418. The molecule has 0 amide bonds. The van der Waals surface area contributed by atoms with Crippen LogP contribution < -0.4 is 4.74 Å². The van der Waals surface area contributed by atoms with E-state index in [1.807, 2.05) is 0 Å². The molecule has 7 heteroatoms. The molecular weight excluding hydrogens is 237 g/mol. The second-order valence-electron chi connectivity index (χ2n) is 2.08. The summed E-state index contributed by atoms with van der Waals surface area (Å²) >= 11 is 5.62. The molecule has 0 aliphatic carbocycles. The number of nitrogens with zero attached hydrogens (tertiary/aromatic N) is 1. The molecule has 1 aromatic rings. The number of rotatable bonds is 2. The van der Waals surface area contributed by atoms with Crippen LogP contribution in [0.25, 0.3) is 0 Å². The zero-order valence-corrected chi connectivity index (χ0v) is 8.82. The lowest BCUT2D eigenvalue weighted by molar-refractivity contribution is 0.394. The summed E-state index contributed by atoms with van der Waals surface area (Å²) in [5.41, 5.74) is 0. The molecule has 0 aromatic carbocycles. The maximum Gasteiger partial charge on any atom is 0.278 e. The normalized spacial score (nSPS) is 11.3. The van der Waals surface area contributed by atoms with Crippen LogP contribution in [0.1, 0.15) is 0 Å². The SMILES string of the molecule is COc1nc(S(=O)(=O)Cl)ccc1Cl. The van der Waals surface area contributed by atoms with Gasteiger partial charge in [0.2, 0.25) is 5.88 Å². The molecule has 13 heavy (non-hydrogen) atoms. The van der Waals surface area contributed by atoms with Crippen molar-refractivity contribution in [3.63, 3.8) is 0 Å². The summed E-state index contributed by atoms with van der Waals surface area (Å²) in [6.07, 6.45) is 0. The van der Waals surface area contributed by atoms with Crippen LogP contribution in [0.15, 0.2) is 17.2 Å². The van der Waals surface area contributed by atoms with Crippen molar-refractivity contribution in [2.75, 3.05) is 7.11 Å². The lowest BCUT2D eigenvalue weighted by Crippen LogP contribution is -1.97. The fourth-order valence-electron chi connectivity index (χ4n) is 0.685. The van der Waals surface area contributed by atoms with Crippen molar-refractivity contribution in [3.8, 4) is 5.88 Å². The molecule has 1 heterocycles. The predicted molar refractivity (Wildman–Crippen MR) is 48.8 cm³/mol. The maximum absolute atomic E-state index is 10.8. The Morgan fingerprint density at radius 1 is 1.46 bits per heavy atom. The van der Waals surface area contributed by atoms with E-state index in [1.54, 1.807) is 0 Å². The molecule has 0 bridgehead atoms. The standard InChI is InChI=1S/C6H5Cl2NO3S/c1-12-6-4(7)2-3-5(9-6)13(8,10)11/h2-3H,1H3. The van der Waals surface area contributed by atoms with E-state index in [0.29, 0.717) is 0 Å². The molecule has 1 rings (SSSR count). The van der Waals surface area contributed by atoms with Gasteiger partial charge in [-0.05, 0) is 12.1 Å². The first-order chi connectivity index (χ1) is 5.95. The Morgan fingerprint density at radius 3 is 2.54 bits per heavy atom. The minimum atomic E-state index is -3.83. The van der Waals surface area contributed by atoms with Crippen molar-refractivity contribution in [2.45, 2.75) is 5.03 Å². The first kappa shape index (κ1) is 10.6.